The van der Waals surface area contributed by atoms with Gasteiger partial charge >= 0.3 is 0 Å². The van der Waals surface area contributed by atoms with Crippen molar-refractivity contribution in [1.82, 2.24) is 9.36 Å². The summed E-state index contributed by atoms with van der Waals surface area (Å²) >= 11 is 1.38. The minimum Gasteiger partial charge on any atom is -0.393 e. The van der Waals surface area contributed by atoms with Crippen LogP contribution in [0.3, 0.4) is 0 Å². The smallest absolute Gasteiger partial charge is 0.202 e. The highest BCUT2D eigenvalue weighted by atomic mass is 32.1. The molecule has 0 aliphatic rings. The Hall–Kier alpha value is -0.680. The van der Waals surface area contributed by atoms with Crippen molar-refractivity contribution < 1.29 is 5.11 Å². The summed E-state index contributed by atoms with van der Waals surface area (Å²) in [4.78, 5) is 4.42. The molecular weight excluding hydrogens is 222 g/mol. The molecule has 0 aliphatic carbocycles. The molecule has 16 heavy (non-hydrogen) atoms. The Morgan fingerprint density at radius 2 is 2.12 bits per heavy atom. The predicted molar refractivity (Wildman–Crippen MR) is 68.0 cm³/mol. The normalized spacial score (nSPS) is 13.8. The fourth-order valence-corrected chi connectivity index (χ4v) is 1.93. The summed E-state index contributed by atoms with van der Waals surface area (Å²) in [5.74, 6) is 0.871. The van der Waals surface area contributed by atoms with Gasteiger partial charge < -0.3 is 10.4 Å². The van der Waals surface area contributed by atoms with Gasteiger partial charge in [-0.2, -0.15) is 4.37 Å². The van der Waals surface area contributed by atoms with Gasteiger partial charge in [0.15, 0.2) is 0 Å². The van der Waals surface area contributed by atoms with Crippen LogP contribution < -0.4 is 5.32 Å². The number of rotatable bonds is 5. The van der Waals surface area contributed by atoms with E-state index < -0.39 is 0 Å². The first-order chi connectivity index (χ1) is 7.43. The lowest BCUT2D eigenvalue weighted by Gasteiger charge is -2.12. The van der Waals surface area contributed by atoms with E-state index in [1.807, 2.05) is 6.92 Å². The fraction of sp³-hybridized carbons (Fsp3) is 0.818. The molecule has 0 aromatic carbocycles. The number of anilines is 1. The van der Waals surface area contributed by atoms with E-state index in [1.165, 1.54) is 11.5 Å². The molecule has 0 saturated heterocycles. The highest BCUT2D eigenvalue weighted by Gasteiger charge is 2.19. The zero-order valence-corrected chi connectivity index (χ0v) is 11.3. The highest BCUT2D eigenvalue weighted by molar-refractivity contribution is 7.09. The molecule has 0 aliphatic heterocycles. The average molecular weight is 243 g/mol. The Bertz CT molecular complexity index is 319. The number of aliphatic hydroxyl groups is 1. The standard InChI is InChI=1S/C11H21N3OS/c1-5-8(15)6-7-12-10-13-9(14-16-10)11(2,3)4/h8,15H,5-7H2,1-4H3,(H,12,13,14). The van der Waals surface area contributed by atoms with Gasteiger partial charge in [-0.15, -0.1) is 0 Å². The molecule has 0 saturated carbocycles. The monoisotopic (exact) mass is 243 g/mol. The van der Waals surface area contributed by atoms with Gasteiger partial charge in [-0.3, -0.25) is 0 Å². The second-order valence-corrected chi connectivity index (χ2v) is 5.70. The molecule has 0 amide bonds. The summed E-state index contributed by atoms with van der Waals surface area (Å²) in [6.07, 6.45) is 1.33. The van der Waals surface area contributed by atoms with Gasteiger partial charge in [0, 0.05) is 23.5 Å². The van der Waals surface area contributed by atoms with Crippen LogP contribution >= 0.6 is 11.5 Å². The van der Waals surface area contributed by atoms with E-state index in [1.54, 1.807) is 0 Å². The van der Waals surface area contributed by atoms with Crippen molar-refractivity contribution >= 4 is 16.7 Å². The third kappa shape index (κ3) is 4.06. The van der Waals surface area contributed by atoms with Crippen LogP contribution in [0.15, 0.2) is 0 Å². The number of aliphatic hydroxyl groups excluding tert-OH is 1. The Balaban J connectivity index is 2.41. The van der Waals surface area contributed by atoms with E-state index in [2.05, 4.69) is 35.4 Å². The van der Waals surface area contributed by atoms with Crippen LogP contribution in [0.4, 0.5) is 5.13 Å². The van der Waals surface area contributed by atoms with Crippen molar-refractivity contribution in [2.45, 2.75) is 52.1 Å². The lowest BCUT2D eigenvalue weighted by molar-refractivity contribution is 0.164. The molecule has 2 N–H and O–H groups in total. The van der Waals surface area contributed by atoms with Gasteiger partial charge in [-0.1, -0.05) is 27.7 Å². The van der Waals surface area contributed by atoms with Crippen molar-refractivity contribution in [1.29, 1.82) is 0 Å². The Morgan fingerprint density at radius 3 is 2.62 bits per heavy atom. The number of hydrogen-bond donors (Lipinski definition) is 2. The zero-order chi connectivity index (χ0) is 12.2. The zero-order valence-electron chi connectivity index (χ0n) is 10.4. The van der Waals surface area contributed by atoms with E-state index in [0.717, 1.165) is 30.3 Å². The van der Waals surface area contributed by atoms with Crippen molar-refractivity contribution in [3.63, 3.8) is 0 Å². The van der Waals surface area contributed by atoms with E-state index in [9.17, 15) is 5.11 Å². The van der Waals surface area contributed by atoms with Gasteiger partial charge in [0.25, 0.3) is 0 Å². The van der Waals surface area contributed by atoms with Gasteiger partial charge in [-0.25, -0.2) is 4.98 Å². The summed E-state index contributed by atoms with van der Waals surface area (Å²) in [5, 5.41) is 13.4. The highest BCUT2D eigenvalue weighted by Crippen LogP contribution is 2.22. The summed E-state index contributed by atoms with van der Waals surface area (Å²) in [6, 6.07) is 0. The maximum Gasteiger partial charge on any atom is 0.202 e. The average Bonchev–Trinajstić information content (AvgIpc) is 2.65. The summed E-state index contributed by atoms with van der Waals surface area (Å²) in [5.41, 5.74) is -0.000633. The summed E-state index contributed by atoms with van der Waals surface area (Å²) in [7, 11) is 0. The van der Waals surface area contributed by atoms with E-state index in [4.69, 9.17) is 0 Å². The number of nitrogens with zero attached hydrogens (tertiary/aromatic N) is 2. The minimum absolute atomic E-state index is 0.000633. The number of aromatic nitrogens is 2. The van der Waals surface area contributed by atoms with Crippen LogP contribution in [-0.4, -0.2) is 27.1 Å². The molecule has 5 heteroatoms. The predicted octanol–water partition coefficient (Wildman–Crippen LogP) is 2.41. The van der Waals surface area contributed by atoms with E-state index in [-0.39, 0.29) is 11.5 Å². The molecule has 0 spiro atoms. The molecule has 0 bridgehead atoms. The van der Waals surface area contributed by atoms with Gasteiger partial charge in [0.1, 0.15) is 5.82 Å². The molecule has 0 fully saturated rings. The first-order valence-corrected chi connectivity index (χ1v) is 6.47. The van der Waals surface area contributed by atoms with Gasteiger partial charge in [0.2, 0.25) is 5.13 Å². The summed E-state index contributed by atoms with van der Waals surface area (Å²) < 4.78 is 4.31. The van der Waals surface area contributed by atoms with Crippen molar-refractivity contribution in [2.75, 3.05) is 11.9 Å². The quantitative estimate of drug-likeness (QED) is 0.834. The molecule has 1 unspecified atom stereocenters. The third-order valence-corrected chi connectivity index (χ3v) is 2.99. The topological polar surface area (TPSA) is 58.0 Å². The minimum atomic E-state index is -0.220. The van der Waals surface area contributed by atoms with Crippen LogP contribution in [0.25, 0.3) is 0 Å². The Kier molecular flexibility index (Phi) is 4.68. The maximum absolute atomic E-state index is 9.40. The van der Waals surface area contributed by atoms with E-state index in [0.29, 0.717) is 0 Å². The number of nitrogens with one attached hydrogen (secondary N) is 1. The van der Waals surface area contributed by atoms with Gasteiger partial charge in [0.05, 0.1) is 6.10 Å². The molecule has 1 atom stereocenters. The van der Waals surface area contributed by atoms with Crippen molar-refractivity contribution in [3.05, 3.63) is 5.82 Å². The second kappa shape index (κ2) is 5.59. The van der Waals surface area contributed by atoms with Crippen LogP contribution in [-0.2, 0) is 5.41 Å². The largest absolute Gasteiger partial charge is 0.393 e. The van der Waals surface area contributed by atoms with Crippen LogP contribution in [0.1, 0.15) is 46.4 Å². The molecule has 4 nitrogen and oxygen atoms in total. The third-order valence-electron chi connectivity index (χ3n) is 2.32. The second-order valence-electron chi connectivity index (χ2n) is 4.95. The SMILES string of the molecule is CCC(O)CCNc1nc(C(C)(C)C)ns1. The summed E-state index contributed by atoms with van der Waals surface area (Å²) in [6.45, 7) is 9.01. The Morgan fingerprint density at radius 1 is 1.44 bits per heavy atom. The molecule has 1 aromatic rings. The first-order valence-electron chi connectivity index (χ1n) is 5.69. The van der Waals surface area contributed by atoms with Crippen molar-refractivity contribution in [3.8, 4) is 0 Å². The lowest BCUT2D eigenvalue weighted by Crippen LogP contribution is -2.14. The maximum atomic E-state index is 9.40. The molecule has 1 heterocycles. The fourth-order valence-electron chi connectivity index (χ4n) is 1.15. The number of hydrogen-bond acceptors (Lipinski definition) is 5. The van der Waals surface area contributed by atoms with Crippen LogP contribution in [0, 0.1) is 0 Å². The Labute approximate surface area is 101 Å². The van der Waals surface area contributed by atoms with Crippen LogP contribution in [0.2, 0.25) is 0 Å². The molecular formula is C11H21N3OS. The van der Waals surface area contributed by atoms with Gasteiger partial charge in [-0.05, 0) is 12.8 Å². The molecule has 0 radical (unpaired) electrons. The lowest BCUT2D eigenvalue weighted by atomic mass is 9.96. The molecule has 1 rings (SSSR count). The van der Waals surface area contributed by atoms with Crippen LogP contribution in [0.5, 0.6) is 0 Å². The first kappa shape index (κ1) is 13.4. The molecule has 92 valence electrons. The van der Waals surface area contributed by atoms with E-state index >= 15 is 0 Å². The van der Waals surface area contributed by atoms with Crippen molar-refractivity contribution in [2.24, 2.45) is 0 Å². The molecule has 1 aromatic heterocycles.